The minimum Gasteiger partial charge on any atom is -0.489 e. The molecule has 2 atom stereocenters. The van der Waals surface area contributed by atoms with Crippen LogP contribution < -0.4 is 4.74 Å². The van der Waals surface area contributed by atoms with Gasteiger partial charge in [-0.1, -0.05) is 13.8 Å². The summed E-state index contributed by atoms with van der Waals surface area (Å²) in [5.74, 6) is -1.11. The Bertz CT molecular complexity index is 410. The molecule has 2 nitrogen and oxygen atoms in total. The van der Waals surface area contributed by atoms with E-state index in [9.17, 15) is 13.9 Å². The van der Waals surface area contributed by atoms with Crippen LogP contribution in [0.15, 0.2) is 18.2 Å². The van der Waals surface area contributed by atoms with Gasteiger partial charge in [0.2, 0.25) is 0 Å². The molecule has 1 aromatic carbocycles. The molecule has 0 amide bonds. The molecular formula is C14H18F2O2. The molecule has 0 heterocycles. The number of halogens is 2. The van der Waals surface area contributed by atoms with Gasteiger partial charge in [-0.2, -0.15) is 0 Å². The number of benzene rings is 1. The molecule has 2 rings (SSSR count). The summed E-state index contributed by atoms with van der Waals surface area (Å²) in [7, 11) is 0. The smallest absolute Gasteiger partial charge is 0.129 e. The molecule has 0 bridgehead atoms. The van der Waals surface area contributed by atoms with Crippen molar-refractivity contribution in [2.75, 3.05) is 0 Å². The minimum atomic E-state index is -0.650. The van der Waals surface area contributed by atoms with E-state index in [1.807, 2.05) is 13.8 Å². The van der Waals surface area contributed by atoms with Gasteiger partial charge in [0, 0.05) is 30.0 Å². The Hall–Kier alpha value is -1.16. The summed E-state index contributed by atoms with van der Waals surface area (Å²) >= 11 is 0. The predicted molar refractivity (Wildman–Crippen MR) is 64.4 cm³/mol. The molecule has 18 heavy (non-hydrogen) atoms. The molecular weight excluding hydrogens is 238 g/mol. The van der Waals surface area contributed by atoms with Gasteiger partial charge in [-0.15, -0.1) is 0 Å². The lowest BCUT2D eigenvalue weighted by Gasteiger charge is -2.52. The van der Waals surface area contributed by atoms with Crippen molar-refractivity contribution in [3.63, 3.8) is 0 Å². The first-order valence-electron chi connectivity index (χ1n) is 6.32. The van der Waals surface area contributed by atoms with Crippen LogP contribution in [0, 0.1) is 17.0 Å². The standard InChI is InChI=1S/C14H18F2O2/c1-3-14(4-2)12(17)8-13(14)18-11-6-9(15)5-10(16)7-11/h5-7,12-13,17H,3-4,8H2,1-2H3. The van der Waals surface area contributed by atoms with Crippen molar-refractivity contribution in [2.24, 2.45) is 5.41 Å². The van der Waals surface area contributed by atoms with Crippen molar-refractivity contribution in [1.29, 1.82) is 0 Å². The highest BCUT2D eigenvalue weighted by atomic mass is 19.1. The highest BCUT2D eigenvalue weighted by molar-refractivity contribution is 5.25. The second kappa shape index (κ2) is 4.84. The fourth-order valence-electron chi connectivity index (χ4n) is 2.83. The second-order valence-corrected chi connectivity index (χ2v) is 4.90. The van der Waals surface area contributed by atoms with Crippen molar-refractivity contribution in [2.45, 2.75) is 45.3 Å². The highest BCUT2D eigenvalue weighted by Crippen LogP contribution is 2.48. The van der Waals surface area contributed by atoms with E-state index in [0.717, 1.165) is 18.9 Å². The molecule has 0 aromatic heterocycles. The monoisotopic (exact) mass is 256 g/mol. The maximum Gasteiger partial charge on any atom is 0.129 e. The largest absolute Gasteiger partial charge is 0.489 e. The highest BCUT2D eigenvalue weighted by Gasteiger charge is 2.53. The number of aliphatic hydroxyl groups excluding tert-OH is 1. The van der Waals surface area contributed by atoms with Gasteiger partial charge in [-0.05, 0) is 12.8 Å². The Morgan fingerprint density at radius 2 is 1.78 bits per heavy atom. The van der Waals surface area contributed by atoms with E-state index in [2.05, 4.69) is 0 Å². The molecule has 2 unspecified atom stereocenters. The van der Waals surface area contributed by atoms with Crippen LogP contribution in [0.1, 0.15) is 33.1 Å². The first kappa shape index (κ1) is 13.3. The number of hydrogen-bond acceptors (Lipinski definition) is 2. The van der Waals surface area contributed by atoms with Gasteiger partial charge < -0.3 is 9.84 Å². The van der Waals surface area contributed by atoms with E-state index in [4.69, 9.17) is 4.74 Å². The maximum absolute atomic E-state index is 13.1. The van der Waals surface area contributed by atoms with Crippen molar-refractivity contribution in [1.82, 2.24) is 0 Å². The van der Waals surface area contributed by atoms with Gasteiger partial charge in [-0.25, -0.2) is 8.78 Å². The molecule has 0 spiro atoms. The van der Waals surface area contributed by atoms with Gasteiger partial charge in [0.25, 0.3) is 0 Å². The zero-order chi connectivity index (χ0) is 13.3. The molecule has 0 aliphatic heterocycles. The van der Waals surface area contributed by atoms with Gasteiger partial charge in [0.15, 0.2) is 0 Å². The average molecular weight is 256 g/mol. The van der Waals surface area contributed by atoms with Crippen LogP contribution in [-0.4, -0.2) is 17.3 Å². The zero-order valence-electron chi connectivity index (χ0n) is 10.6. The Morgan fingerprint density at radius 3 is 2.22 bits per heavy atom. The molecule has 1 aliphatic carbocycles. The van der Waals surface area contributed by atoms with Crippen molar-refractivity contribution < 1.29 is 18.6 Å². The van der Waals surface area contributed by atoms with E-state index in [-0.39, 0.29) is 17.3 Å². The van der Waals surface area contributed by atoms with Gasteiger partial charge in [0.1, 0.15) is 23.5 Å². The number of ether oxygens (including phenoxy) is 1. The summed E-state index contributed by atoms with van der Waals surface area (Å²) in [6.45, 7) is 3.99. The Kier molecular flexibility index (Phi) is 3.57. The van der Waals surface area contributed by atoms with Crippen molar-refractivity contribution in [3.05, 3.63) is 29.8 Å². The Balaban J connectivity index is 2.15. The Labute approximate surface area is 106 Å². The third kappa shape index (κ3) is 2.09. The maximum atomic E-state index is 13.1. The van der Waals surface area contributed by atoms with E-state index in [1.165, 1.54) is 12.1 Å². The first-order valence-corrected chi connectivity index (χ1v) is 6.32. The summed E-state index contributed by atoms with van der Waals surface area (Å²) in [4.78, 5) is 0. The number of hydrogen-bond donors (Lipinski definition) is 1. The van der Waals surface area contributed by atoms with E-state index in [1.54, 1.807) is 0 Å². The van der Waals surface area contributed by atoms with Gasteiger partial charge >= 0.3 is 0 Å². The quantitative estimate of drug-likeness (QED) is 0.895. The fraction of sp³-hybridized carbons (Fsp3) is 0.571. The van der Waals surface area contributed by atoms with Gasteiger partial charge in [0.05, 0.1) is 6.10 Å². The van der Waals surface area contributed by atoms with Crippen LogP contribution in [-0.2, 0) is 0 Å². The van der Waals surface area contributed by atoms with E-state index < -0.39 is 17.7 Å². The first-order chi connectivity index (χ1) is 8.51. The summed E-state index contributed by atoms with van der Waals surface area (Å²) in [5, 5.41) is 9.89. The molecule has 1 aliphatic rings. The second-order valence-electron chi connectivity index (χ2n) is 4.90. The third-order valence-corrected chi connectivity index (χ3v) is 4.17. The molecule has 0 saturated heterocycles. The van der Waals surface area contributed by atoms with Crippen LogP contribution in [0.4, 0.5) is 8.78 Å². The summed E-state index contributed by atoms with van der Waals surface area (Å²) in [6, 6.07) is 3.16. The normalized spacial score (nSPS) is 25.6. The molecule has 0 radical (unpaired) electrons. The number of aliphatic hydroxyl groups is 1. The lowest BCUT2D eigenvalue weighted by molar-refractivity contribution is -0.159. The molecule has 1 aromatic rings. The van der Waals surface area contributed by atoms with E-state index in [0.29, 0.717) is 6.42 Å². The summed E-state index contributed by atoms with van der Waals surface area (Å²) in [5.41, 5.74) is -0.289. The van der Waals surface area contributed by atoms with Gasteiger partial charge in [-0.3, -0.25) is 0 Å². The predicted octanol–water partition coefficient (Wildman–Crippen LogP) is 3.28. The molecule has 1 N–H and O–H groups in total. The molecule has 1 saturated carbocycles. The van der Waals surface area contributed by atoms with Crippen LogP contribution in [0.2, 0.25) is 0 Å². The lowest BCUT2D eigenvalue weighted by atomic mass is 9.60. The van der Waals surface area contributed by atoms with E-state index >= 15 is 0 Å². The minimum absolute atomic E-state index is 0.177. The average Bonchev–Trinajstić information content (AvgIpc) is 2.29. The summed E-state index contributed by atoms with van der Waals surface area (Å²) < 4.78 is 31.8. The SMILES string of the molecule is CCC1(CC)C(O)CC1Oc1cc(F)cc(F)c1. The zero-order valence-corrected chi connectivity index (χ0v) is 10.6. The van der Waals surface area contributed by atoms with Crippen LogP contribution in [0.3, 0.4) is 0 Å². The number of rotatable bonds is 4. The van der Waals surface area contributed by atoms with Crippen LogP contribution >= 0.6 is 0 Å². The van der Waals surface area contributed by atoms with Crippen molar-refractivity contribution >= 4 is 0 Å². The third-order valence-electron chi connectivity index (χ3n) is 4.17. The van der Waals surface area contributed by atoms with Crippen LogP contribution in [0.25, 0.3) is 0 Å². The van der Waals surface area contributed by atoms with Crippen molar-refractivity contribution in [3.8, 4) is 5.75 Å². The topological polar surface area (TPSA) is 29.5 Å². The summed E-state index contributed by atoms with van der Waals surface area (Å²) in [6.07, 6.45) is 1.51. The fourth-order valence-corrected chi connectivity index (χ4v) is 2.83. The molecule has 4 heteroatoms. The molecule has 1 fully saturated rings. The Morgan fingerprint density at radius 1 is 1.22 bits per heavy atom. The molecule has 100 valence electrons. The van der Waals surface area contributed by atoms with Crippen LogP contribution in [0.5, 0.6) is 5.75 Å². The lowest BCUT2D eigenvalue weighted by Crippen LogP contribution is -2.59.